The van der Waals surface area contributed by atoms with Crippen molar-refractivity contribution in [3.8, 4) is 0 Å². The smallest absolute Gasteiger partial charge is 0.313 e. The third-order valence-corrected chi connectivity index (χ3v) is 9.44. The van der Waals surface area contributed by atoms with Gasteiger partial charge in [0, 0.05) is 25.2 Å². The average molecular weight is 531 g/mol. The number of aryl methyl sites for hydroxylation is 2. The van der Waals surface area contributed by atoms with Gasteiger partial charge in [0.05, 0.1) is 25.8 Å². The third-order valence-electron chi connectivity index (χ3n) is 5.07. The molecular weight excluding hydrogens is 503 g/mol. The van der Waals surface area contributed by atoms with Gasteiger partial charge in [0.25, 0.3) is 0 Å². The Morgan fingerprint density at radius 2 is 2.27 bits per heavy atom. The van der Waals surface area contributed by atoms with E-state index in [2.05, 4.69) is 28.9 Å². The molecule has 5 atom stereocenters. The van der Waals surface area contributed by atoms with Gasteiger partial charge in [-0.3, -0.25) is 4.79 Å². The molecule has 1 fully saturated rings. The lowest BCUT2D eigenvalue weighted by Crippen LogP contribution is -2.21. The number of hydrogen-bond acceptors (Lipinski definition) is 6. The largest absolute Gasteiger partial charge is 0.481 e. The maximum absolute atomic E-state index is 10.5. The van der Waals surface area contributed by atoms with E-state index < -0.39 is 18.2 Å². The summed E-state index contributed by atoms with van der Waals surface area (Å²) in [6.07, 6.45) is 7.46. The minimum Gasteiger partial charge on any atom is -0.481 e. The number of thioether (sulfide) groups is 2. The van der Waals surface area contributed by atoms with E-state index in [-0.39, 0.29) is 22.8 Å². The van der Waals surface area contributed by atoms with Gasteiger partial charge in [0.15, 0.2) is 0 Å². The van der Waals surface area contributed by atoms with Gasteiger partial charge in [-0.2, -0.15) is 0 Å². The molecule has 4 nitrogen and oxygen atoms in total. The van der Waals surface area contributed by atoms with Crippen molar-refractivity contribution in [2.24, 2.45) is 11.8 Å². The zero-order valence-electron chi connectivity index (χ0n) is 16.9. The summed E-state index contributed by atoms with van der Waals surface area (Å²) in [6, 6.07) is 2.11. The van der Waals surface area contributed by atoms with Crippen LogP contribution in [0.4, 0.5) is 0 Å². The molecule has 1 saturated carbocycles. The quantitative estimate of drug-likeness (QED) is 0.207. The topological polar surface area (TPSA) is 77.8 Å². The van der Waals surface area contributed by atoms with Gasteiger partial charge >= 0.3 is 5.97 Å². The standard InChI is InChI=1S/C21H28BBrO4S3/c1-13-18(23)10-16(30-13)5-3-15(24)4-6-17-14(11-22)9-19(25)21(17)29-8-2-7-28-12-20(26)27/h2,4,6,8,10,14-15,17,19,21,24-25H,3,5,7,9,11-12H2,1H3,(H,26,27)/t14-,15-,17-,19?,21+/m0/s1. The number of hydrogen-bond donors (Lipinski definition) is 3. The predicted octanol–water partition coefficient (Wildman–Crippen LogP) is 4.69. The molecule has 1 heterocycles. The molecule has 1 aliphatic carbocycles. The van der Waals surface area contributed by atoms with E-state index >= 15 is 0 Å². The Labute approximate surface area is 201 Å². The van der Waals surface area contributed by atoms with E-state index in [1.807, 2.05) is 23.6 Å². The van der Waals surface area contributed by atoms with Crippen LogP contribution in [-0.2, 0) is 11.2 Å². The number of carbonyl (C=O) groups is 1. The second kappa shape index (κ2) is 13.4. The zero-order chi connectivity index (χ0) is 22.1. The fourth-order valence-electron chi connectivity index (χ4n) is 3.51. The van der Waals surface area contributed by atoms with Crippen LogP contribution in [0.3, 0.4) is 0 Å². The highest BCUT2D eigenvalue weighted by molar-refractivity contribution is 9.10. The normalized spacial score (nSPS) is 25.5. The molecule has 0 aliphatic heterocycles. The van der Waals surface area contributed by atoms with Crippen LogP contribution in [0.25, 0.3) is 0 Å². The first kappa shape index (κ1) is 26.1. The maximum atomic E-state index is 10.5. The Kier molecular flexibility index (Phi) is 11.6. The molecule has 9 heteroatoms. The number of halogens is 1. The Hall–Kier alpha value is -0.185. The average Bonchev–Trinajstić information content (AvgIpc) is 3.19. The number of aliphatic hydroxyl groups excluding tert-OH is 2. The first-order valence-electron chi connectivity index (χ1n) is 9.91. The van der Waals surface area contributed by atoms with Crippen molar-refractivity contribution in [2.45, 2.75) is 50.0 Å². The van der Waals surface area contributed by atoms with Crippen LogP contribution in [0.5, 0.6) is 0 Å². The Balaban J connectivity index is 1.88. The van der Waals surface area contributed by atoms with Crippen LogP contribution in [0.15, 0.2) is 34.2 Å². The van der Waals surface area contributed by atoms with Crippen LogP contribution < -0.4 is 0 Å². The van der Waals surface area contributed by atoms with Crippen molar-refractivity contribution >= 4 is 64.6 Å². The lowest BCUT2D eigenvalue weighted by molar-refractivity contribution is -0.133. The Morgan fingerprint density at radius 1 is 1.50 bits per heavy atom. The minimum absolute atomic E-state index is 0.0152. The highest BCUT2D eigenvalue weighted by Gasteiger charge is 2.39. The van der Waals surface area contributed by atoms with Crippen molar-refractivity contribution in [1.82, 2.24) is 0 Å². The number of aliphatic carboxylic acids is 1. The number of carboxylic acid groups (broad SMARTS) is 1. The molecule has 0 aromatic carbocycles. The Morgan fingerprint density at radius 3 is 2.90 bits per heavy atom. The molecule has 1 aromatic rings. The van der Waals surface area contributed by atoms with Crippen molar-refractivity contribution < 1.29 is 20.1 Å². The molecule has 0 bridgehead atoms. The summed E-state index contributed by atoms with van der Waals surface area (Å²) in [5.41, 5.74) is 0. The van der Waals surface area contributed by atoms with Gasteiger partial charge in [0.2, 0.25) is 0 Å². The summed E-state index contributed by atoms with van der Waals surface area (Å²) in [6.45, 7) is 2.07. The molecule has 2 radical (unpaired) electrons. The number of allylic oxidation sites excluding steroid dienone is 1. The van der Waals surface area contributed by atoms with Crippen LogP contribution in [0, 0.1) is 18.8 Å². The fraction of sp³-hybridized carbons (Fsp3) is 0.571. The zero-order valence-corrected chi connectivity index (χ0v) is 21.0. The Bertz CT molecular complexity index is 720. The van der Waals surface area contributed by atoms with Crippen LogP contribution in [0.2, 0.25) is 6.32 Å². The van der Waals surface area contributed by atoms with Gasteiger partial charge in [-0.15, -0.1) is 34.9 Å². The monoisotopic (exact) mass is 530 g/mol. The highest BCUT2D eigenvalue weighted by atomic mass is 79.9. The van der Waals surface area contributed by atoms with E-state index in [1.165, 1.54) is 21.5 Å². The maximum Gasteiger partial charge on any atom is 0.313 e. The molecule has 30 heavy (non-hydrogen) atoms. The molecule has 1 aliphatic rings. The molecule has 2 rings (SSSR count). The summed E-state index contributed by atoms with van der Waals surface area (Å²) in [5.74, 6) is 0.177. The molecular formula is C21H28BBrO4S3. The van der Waals surface area contributed by atoms with E-state index in [9.17, 15) is 15.0 Å². The van der Waals surface area contributed by atoms with Crippen molar-refractivity contribution in [3.05, 3.63) is 43.9 Å². The van der Waals surface area contributed by atoms with E-state index in [1.54, 1.807) is 23.1 Å². The van der Waals surface area contributed by atoms with Crippen molar-refractivity contribution in [1.29, 1.82) is 0 Å². The molecule has 1 unspecified atom stereocenters. The van der Waals surface area contributed by atoms with Crippen LogP contribution in [0.1, 0.15) is 22.6 Å². The summed E-state index contributed by atoms with van der Waals surface area (Å²) < 4.78 is 1.12. The SMILES string of the molecule is [B]C[C@@H]1CC(O)[C@H](SC=CCSCC(=O)O)[C@H]1C=C[C@@H](O)CCc1cc(Br)c(C)s1. The molecule has 0 spiro atoms. The van der Waals surface area contributed by atoms with Gasteiger partial charge in [-0.1, -0.05) is 24.5 Å². The molecule has 0 amide bonds. The van der Waals surface area contributed by atoms with Crippen molar-refractivity contribution in [2.75, 3.05) is 11.5 Å². The summed E-state index contributed by atoms with van der Waals surface area (Å²) in [7, 11) is 5.93. The highest BCUT2D eigenvalue weighted by Crippen LogP contribution is 2.42. The second-order valence-electron chi connectivity index (χ2n) is 7.37. The van der Waals surface area contributed by atoms with Gasteiger partial charge in [-0.25, -0.2) is 0 Å². The molecule has 164 valence electrons. The lowest BCUT2D eigenvalue weighted by Gasteiger charge is -2.21. The van der Waals surface area contributed by atoms with Gasteiger partial charge in [0.1, 0.15) is 0 Å². The number of thiophene rings is 1. The summed E-state index contributed by atoms with van der Waals surface area (Å²) in [4.78, 5) is 13.0. The number of carboxylic acids is 1. The fourth-order valence-corrected chi connectivity index (χ4v) is 6.95. The summed E-state index contributed by atoms with van der Waals surface area (Å²) >= 11 is 8.17. The lowest BCUT2D eigenvalue weighted by atomic mass is 9.83. The van der Waals surface area contributed by atoms with Crippen molar-refractivity contribution in [3.63, 3.8) is 0 Å². The predicted molar refractivity (Wildman–Crippen MR) is 134 cm³/mol. The van der Waals surface area contributed by atoms with E-state index in [4.69, 9.17) is 13.0 Å². The van der Waals surface area contributed by atoms with Gasteiger partial charge < -0.3 is 15.3 Å². The van der Waals surface area contributed by atoms with Crippen LogP contribution in [-0.4, -0.2) is 58.1 Å². The molecule has 0 saturated heterocycles. The van der Waals surface area contributed by atoms with Gasteiger partial charge in [-0.05, 0) is 65.4 Å². The minimum atomic E-state index is -0.816. The summed E-state index contributed by atoms with van der Waals surface area (Å²) in [5, 5.41) is 31.5. The molecule has 1 aromatic heterocycles. The van der Waals surface area contributed by atoms with E-state index in [0.717, 1.165) is 10.9 Å². The van der Waals surface area contributed by atoms with E-state index in [0.29, 0.717) is 24.9 Å². The molecule has 3 N–H and O–H groups in total. The number of rotatable bonds is 12. The first-order valence-corrected chi connectivity index (χ1v) is 13.6. The second-order valence-corrected chi connectivity index (χ2v) is 11.7. The first-order chi connectivity index (χ1) is 14.3. The van der Waals surface area contributed by atoms with Crippen LogP contribution >= 0.6 is 50.8 Å². The third kappa shape index (κ3) is 8.39. The number of aliphatic hydroxyl groups is 2.